The van der Waals surface area contributed by atoms with Gasteiger partial charge in [0.25, 0.3) is 0 Å². The number of benzene rings is 1. The van der Waals surface area contributed by atoms with Crippen molar-refractivity contribution < 1.29 is 4.70 Å². The second-order valence-corrected chi connectivity index (χ2v) is 3.16. The van der Waals surface area contributed by atoms with E-state index in [0.29, 0.717) is 6.54 Å². The number of para-hydroxylation sites is 1. The lowest BCUT2D eigenvalue weighted by molar-refractivity contribution is -0.454. The molecule has 0 bridgehead atoms. The fraction of sp³-hybridized carbons (Fsp3) is 0.167. The summed E-state index contributed by atoms with van der Waals surface area (Å²) < 4.78 is 1.90. The zero-order valence-corrected chi connectivity index (χ0v) is 8.07. The van der Waals surface area contributed by atoms with Gasteiger partial charge in [0.05, 0.1) is 5.57 Å². The van der Waals surface area contributed by atoms with E-state index in [1.165, 1.54) is 0 Å². The maximum atomic E-state index is 5.37. The van der Waals surface area contributed by atoms with E-state index in [0.717, 1.165) is 17.0 Å². The predicted octanol–water partition coefficient (Wildman–Crippen LogP) is 2.70. The Bertz CT molecular complexity index is 447. The molecule has 0 atom stereocenters. The normalized spacial score (nSPS) is 15.3. The fourth-order valence-electron chi connectivity index (χ4n) is 1.48. The standard InChI is InChI=1S/C12H11N2/c1-3-11-9-13-14(10(11)2)12-7-5-4-6-8-12/h1,4-8H,9H2,2H3/q+1. The van der Waals surface area contributed by atoms with E-state index in [2.05, 4.69) is 11.0 Å². The van der Waals surface area contributed by atoms with Crippen LogP contribution in [0.15, 0.2) is 46.7 Å². The summed E-state index contributed by atoms with van der Waals surface area (Å²) in [6.45, 7) is 2.62. The summed E-state index contributed by atoms with van der Waals surface area (Å²) in [6, 6.07) is 10.0. The van der Waals surface area contributed by atoms with Crippen LogP contribution in [-0.2, 0) is 0 Å². The van der Waals surface area contributed by atoms with Crippen LogP contribution in [0.1, 0.15) is 6.92 Å². The molecule has 0 amide bonds. The van der Waals surface area contributed by atoms with Gasteiger partial charge in [-0.2, -0.15) is 0 Å². The number of nitrogens with zero attached hydrogens (tertiary/aromatic N) is 2. The van der Waals surface area contributed by atoms with Crippen molar-refractivity contribution in [1.82, 2.24) is 0 Å². The molecule has 0 saturated carbocycles. The SMILES string of the molecule is C#CC1=C(C)[N+](c2ccccc2)=NC1. The van der Waals surface area contributed by atoms with Gasteiger partial charge < -0.3 is 0 Å². The lowest BCUT2D eigenvalue weighted by Gasteiger charge is -1.93. The molecule has 0 aromatic heterocycles. The van der Waals surface area contributed by atoms with Gasteiger partial charge in [0.15, 0.2) is 0 Å². The fourth-order valence-corrected chi connectivity index (χ4v) is 1.48. The van der Waals surface area contributed by atoms with Crippen molar-refractivity contribution in [1.29, 1.82) is 0 Å². The molecule has 2 rings (SSSR count). The molecule has 1 heterocycles. The van der Waals surface area contributed by atoms with Crippen LogP contribution < -0.4 is 0 Å². The van der Waals surface area contributed by atoms with Crippen molar-refractivity contribution in [3.8, 4) is 12.3 Å². The van der Waals surface area contributed by atoms with E-state index < -0.39 is 0 Å². The van der Waals surface area contributed by atoms with Crippen molar-refractivity contribution in [2.75, 3.05) is 6.54 Å². The van der Waals surface area contributed by atoms with Crippen LogP contribution in [-0.4, -0.2) is 11.2 Å². The lowest BCUT2D eigenvalue weighted by atomic mass is 10.2. The van der Waals surface area contributed by atoms with Crippen LogP contribution in [0.25, 0.3) is 0 Å². The van der Waals surface area contributed by atoms with E-state index >= 15 is 0 Å². The number of hydrogen-bond donors (Lipinski definition) is 0. The Morgan fingerprint density at radius 2 is 2.07 bits per heavy atom. The number of azo groups is 2. The summed E-state index contributed by atoms with van der Waals surface area (Å²) in [6.07, 6.45) is 5.37. The predicted molar refractivity (Wildman–Crippen MR) is 55.2 cm³/mol. The highest BCUT2D eigenvalue weighted by Crippen LogP contribution is 2.23. The van der Waals surface area contributed by atoms with E-state index in [1.807, 2.05) is 42.0 Å². The monoisotopic (exact) mass is 183 g/mol. The first-order valence-corrected chi connectivity index (χ1v) is 4.52. The summed E-state index contributed by atoms with van der Waals surface area (Å²) in [5.74, 6) is 2.66. The van der Waals surface area contributed by atoms with Gasteiger partial charge in [-0.15, -0.1) is 6.42 Å². The van der Waals surface area contributed by atoms with E-state index in [1.54, 1.807) is 0 Å². The number of rotatable bonds is 1. The van der Waals surface area contributed by atoms with E-state index in [9.17, 15) is 0 Å². The highest BCUT2D eigenvalue weighted by atomic mass is 15.3. The van der Waals surface area contributed by atoms with Gasteiger partial charge in [-0.1, -0.05) is 28.8 Å². The van der Waals surface area contributed by atoms with Gasteiger partial charge in [0.2, 0.25) is 11.4 Å². The van der Waals surface area contributed by atoms with E-state index in [-0.39, 0.29) is 0 Å². The van der Waals surface area contributed by atoms with Gasteiger partial charge in [-0.3, -0.25) is 0 Å². The largest absolute Gasteiger partial charge is 0.237 e. The van der Waals surface area contributed by atoms with Crippen LogP contribution in [0.5, 0.6) is 0 Å². The molecule has 0 N–H and O–H groups in total. The van der Waals surface area contributed by atoms with Gasteiger partial charge >= 0.3 is 0 Å². The molecule has 1 aliphatic rings. The first-order chi connectivity index (χ1) is 6.83. The van der Waals surface area contributed by atoms with Crippen molar-refractivity contribution >= 4 is 5.69 Å². The Balaban J connectivity index is 2.41. The Morgan fingerprint density at radius 1 is 1.36 bits per heavy atom. The third-order valence-electron chi connectivity index (χ3n) is 2.30. The highest BCUT2D eigenvalue weighted by molar-refractivity contribution is 5.35. The number of terminal acetylenes is 1. The van der Waals surface area contributed by atoms with Crippen molar-refractivity contribution in [2.24, 2.45) is 5.11 Å². The maximum absolute atomic E-state index is 5.37. The average molecular weight is 183 g/mol. The van der Waals surface area contributed by atoms with Gasteiger partial charge in [0.1, 0.15) is 6.54 Å². The zero-order chi connectivity index (χ0) is 9.97. The Labute approximate surface area is 83.6 Å². The molecule has 0 aliphatic carbocycles. The summed E-state index contributed by atoms with van der Waals surface area (Å²) in [7, 11) is 0. The zero-order valence-electron chi connectivity index (χ0n) is 8.07. The summed E-state index contributed by atoms with van der Waals surface area (Å²) in [5.41, 5.74) is 3.09. The Morgan fingerprint density at radius 3 is 2.64 bits per heavy atom. The minimum atomic E-state index is 0.622. The topological polar surface area (TPSA) is 15.4 Å². The summed E-state index contributed by atoms with van der Waals surface area (Å²) in [4.78, 5) is 0. The number of allylic oxidation sites excluding steroid dienone is 1. The smallest absolute Gasteiger partial charge is 0.115 e. The van der Waals surface area contributed by atoms with Crippen molar-refractivity contribution in [3.05, 3.63) is 41.6 Å². The van der Waals surface area contributed by atoms with Gasteiger partial charge in [-0.05, 0) is 5.11 Å². The maximum Gasteiger partial charge on any atom is 0.237 e. The molecule has 2 nitrogen and oxygen atoms in total. The minimum Gasteiger partial charge on any atom is -0.115 e. The Kier molecular flexibility index (Phi) is 2.16. The molecule has 0 unspecified atom stereocenters. The third-order valence-corrected chi connectivity index (χ3v) is 2.30. The molecular formula is C12H11N2+. The second-order valence-electron chi connectivity index (χ2n) is 3.16. The summed E-state index contributed by atoms with van der Waals surface area (Å²) >= 11 is 0. The highest BCUT2D eigenvalue weighted by Gasteiger charge is 2.24. The summed E-state index contributed by atoms with van der Waals surface area (Å²) in [5, 5.41) is 4.36. The van der Waals surface area contributed by atoms with Crippen LogP contribution in [0.2, 0.25) is 0 Å². The van der Waals surface area contributed by atoms with Crippen molar-refractivity contribution in [3.63, 3.8) is 0 Å². The Hall–Kier alpha value is -1.88. The third kappa shape index (κ3) is 1.33. The molecule has 2 heteroatoms. The molecule has 0 fully saturated rings. The van der Waals surface area contributed by atoms with Gasteiger partial charge in [0, 0.05) is 19.1 Å². The molecule has 0 saturated heterocycles. The van der Waals surface area contributed by atoms with Gasteiger partial charge in [-0.25, -0.2) is 0 Å². The first-order valence-electron chi connectivity index (χ1n) is 4.52. The average Bonchev–Trinajstić information content (AvgIpc) is 2.61. The molecule has 1 aromatic rings. The van der Waals surface area contributed by atoms with Crippen LogP contribution in [0, 0.1) is 12.3 Å². The number of hydrogen-bond acceptors (Lipinski definition) is 1. The molecule has 1 aliphatic heterocycles. The molecule has 0 spiro atoms. The molecule has 1 aromatic carbocycles. The molecular weight excluding hydrogens is 172 g/mol. The second kappa shape index (κ2) is 3.47. The van der Waals surface area contributed by atoms with E-state index in [4.69, 9.17) is 6.42 Å². The minimum absolute atomic E-state index is 0.622. The van der Waals surface area contributed by atoms with Crippen LogP contribution in [0.3, 0.4) is 0 Å². The quantitative estimate of drug-likeness (QED) is 0.470. The van der Waals surface area contributed by atoms with Crippen LogP contribution >= 0.6 is 0 Å². The molecule has 14 heavy (non-hydrogen) atoms. The molecule has 68 valence electrons. The lowest BCUT2D eigenvalue weighted by Crippen LogP contribution is -1.95. The van der Waals surface area contributed by atoms with Crippen LogP contribution in [0.4, 0.5) is 5.69 Å². The molecule has 0 radical (unpaired) electrons. The first kappa shape index (κ1) is 8.71. The van der Waals surface area contributed by atoms with Crippen molar-refractivity contribution in [2.45, 2.75) is 6.92 Å².